The molecule has 0 spiro atoms. The molecular weight excluding hydrogens is 424 g/mol. The first-order valence-corrected chi connectivity index (χ1v) is 12.4. The molecular formula is C27H30N6O. The molecule has 1 aliphatic heterocycles. The molecule has 1 unspecified atom stereocenters. The zero-order valence-electron chi connectivity index (χ0n) is 19.8. The minimum absolute atomic E-state index is 0.122. The van der Waals surface area contributed by atoms with Crippen LogP contribution in [-0.4, -0.2) is 30.2 Å². The van der Waals surface area contributed by atoms with Crippen molar-refractivity contribution >= 4 is 22.9 Å². The number of aromatic nitrogens is 5. The van der Waals surface area contributed by atoms with Gasteiger partial charge in [0.2, 0.25) is 0 Å². The van der Waals surface area contributed by atoms with Crippen molar-refractivity contribution in [2.45, 2.75) is 71.4 Å². The second kappa shape index (κ2) is 8.38. The number of pyridine rings is 1. The molecule has 4 aromatic rings. The molecule has 0 fully saturated rings. The highest BCUT2D eigenvalue weighted by molar-refractivity contribution is 6.11. The van der Waals surface area contributed by atoms with E-state index in [1.54, 1.807) is 0 Å². The Morgan fingerprint density at radius 2 is 1.94 bits per heavy atom. The smallest absolute Gasteiger partial charge is 0.259 e. The van der Waals surface area contributed by atoms with E-state index in [9.17, 15) is 4.79 Å². The number of benzene rings is 1. The molecule has 1 atom stereocenters. The Morgan fingerprint density at radius 1 is 1.06 bits per heavy atom. The maximum absolute atomic E-state index is 13.7. The van der Waals surface area contributed by atoms with Gasteiger partial charge in [-0.1, -0.05) is 30.7 Å². The largest absolute Gasteiger partial charge is 0.313 e. The molecule has 34 heavy (non-hydrogen) atoms. The van der Waals surface area contributed by atoms with Crippen molar-refractivity contribution in [3.8, 4) is 0 Å². The lowest BCUT2D eigenvalue weighted by Crippen LogP contribution is -2.23. The van der Waals surface area contributed by atoms with Gasteiger partial charge in [-0.05, 0) is 63.1 Å². The molecule has 0 saturated carbocycles. The molecule has 1 amide bonds. The van der Waals surface area contributed by atoms with E-state index in [4.69, 9.17) is 15.1 Å². The van der Waals surface area contributed by atoms with Crippen LogP contribution in [0.2, 0.25) is 0 Å². The van der Waals surface area contributed by atoms with Crippen LogP contribution in [0.3, 0.4) is 0 Å². The summed E-state index contributed by atoms with van der Waals surface area (Å²) < 4.78 is 4.21. The molecule has 7 nitrogen and oxygen atoms in total. The van der Waals surface area contributed by atoms with Gasteiger partial charge in [0, 0.05) is 24.2 Å². The number of nitrogens with zero attached hydrogens (tertiary/aromatic N) is 5. The minimum Gasteiger partial charge on any atom is -0.313 e. The van der Waals surface area contributed by atoms with Crippen molar-refractivity contribution in [3.05, 3.63) is 70.3 Å². The van der Waals surface area contributed by atoms with Gasteiger partial charge in [-0.3, -0.25) is 4.79 Å². The highest BCUT2D eigenvalue weighted by Crippen LogP contribution is 2.35. The number of rotatable bonds is 3. The molecule has 1 aromatic carbocycles. The Labute approximate surface area is 199 Å². The molecule has 0 saturated heterocycles. The number of anilines is 1. The molecule has 174 valence electrons. The summed E-state index contributed by atoms with van der Waals surface area (Å²) in [6.45, 7) is 4.86. The fraction of sp³-hybridized carbons (Fsp3) is 0.407. The zero-order valence-corrected chi connectivity index (χ0v) is 19.8. The molecule has 1 N–H and O–H groups in total. The van der Waals surface area contributed by atoms with Crippen LogP contribution in [0.15, 0.2) is 36.5 Å². The van der Waals surface area contributed by atoms with Crippen molar-refractivity contribution in [1.29, 1.82) is 0 Å². The quantitative estimate of drug-likeness (QED) is 0.464. The number of hydrogen-bond donors (Lipinski definition) is 1. The van der Waals surface area contributed by atoms with Crippen LogP contribution >= 0.6 is 0 Å². The fourth-order valence-corrected chi connectivity index (χ4v) is 5.59. The molecule has 0 radical (unpaired) electrons. The van der Waals surface area contributed by atoms with E-state index in [1.165, 1.54) is 17.5 Å². The predicted molar refractivity (Wildman–Crippen MR) is 132 cm³/mol. The van der Waals surface area contributed by atoms with Gasteiger partial charge in [0.25, 0.3) is 5.91 Å². The number of fused-ring (bicyclic) bond motifs is 4. The van der Waals surface area contributed by atoms with Gasteiger partial charge in [0.15, 0.2) is 5.65 Å². The lowest BCUT2D eigenvalue weighted by Gasteiger charge is -2.27. The summed E-state index contributed by atoms with van der Waals surface area (Å²) in [6.07, 6.45) is 9.45. The topological polar surface area (TPSA) is 77.6 Å². The molecule has 0 bridgehead atoms. The average Bonchev–Trinajstić information content (AvgIpc) is 3.27. The fourth-order valence-electron chi connectivity index (χ4n) is 5.59. The van der Waals surface area contributed by atoms with Crippen LogP contribution in [0.25, 0.3) is 11.2 Å². The van der Waals surface area contributed by atoms with E-state index in [0.29, 0.717) is 11.1 Å². The van der Waals surface area contributed by atoms with Gasteiger partial charge in [-0.2, -0.15) is 5.10 Å². The van der Waals surface area contributed by atoms with Crippen molar-refractivity contribution in [2.75, 3.05) is 5.32 Å². The summed E-state index contributed by atoms with van der Waals surface area (Å²) in [7, 11) is 0. The monoisotopic (exact) mass is 454 g/mol. The van der Waals surface area contributed by atoms with Crippen LogP contribution < -0.4 is 5.32 Å². The highest BCUT2D eigenvalue weighted by atomic mass is 16.1. The van der Waals surface area contributed by atoms with E-state index in [1.807, 2.05) is 30.8 Å². The third-order valence-electron chi connectivity index (χ3n) is 7.28. The lowest BCUT2D eigenvalue weighted by molar-refractivity contribution is 0.102. The van der Waals surface area contributed by atoms with Gasteiger partial charge < -0.3 is 9.88 Å². The summed E-state index contributed by atoms with van der Waals surface area (Å²) >= 11 is 0. The summed E-state index contributed by atoms with van der Waals surface area (Å²) in [5.74, 6) is 1.65. The number of imidazole rings is 1. The van der Waals surface area contributed by atoms with E-state index in [2.05, 4.69) is 34.1 Å². The molecule has 2 aliphatic rings. The Hall–Kier alpha value is -3.48. The minimum atomic E-state index is -0.155. The maximum Gasteiger partial charge on any atom is 0.259 e. The van der Waals surface area contributed by atoms with Crippen molar-refractivity contribution in [2.24, 2.45) is 0 Å². The van der Waals surface area contributed by atoms with Crippen LogP contribution in [0, 0.1) is 13.8 Å². The van der Waals surface area contributed by atoms with E-state index < -0.39 is 0 Å². The summed E-state index contributed by atoms with van der Waals surface area (Å²) in [4.78, 5) is 23.3. The SMILES string of the molecule is Cc1cc(C(=O)Nc2c(C)cnn2C2CCCc3ccccc32)c2nc3n(c2n1)CCCCC3. The summed E-state index contributed by atoms with van der Waals surface area (Å²) in [5.41, 5.74) is 6.57. The number of nitrogens with one attached hydrogen (secondary N) is 1. The number of amides is 1. The number of carbonyl (C=O) groups excluding carboxylic acids is 1. The normalized spacial score (nSPS) is 17.8. The third-order valence-corrected chi connectivity index (χ3v) is 7.28. The van der Waals surface area contributed by atoms with Crippen LogP contribution in [0.4, 0.5) is 5.82 Å². The highest BCUT2D eigenvalue weighted by Gasteiger charge is 2.27. The van der Waals surface area contributed by atoms with Crippen LogP contribution in [0.1, 0.15) is 76.7 Å². The van der Waals surface area contributed by atoms with Gasteiger partial charge in [0.1, 0.15) is 17.2 Å². The Bertz CT molecular complexity index is 1400. The zero-order chi connectivity index (χ0) is 23.2. The molecule has 4 heterocycles. The van der Waals surface area contributed by atoms with Crippen molar-refractivity contribution in [3.63, 3.8) is 0 Å². The van der Waals surface area contributed by atoms with Gasteiger partial charge in [-0.15, -0.1) is 0 Å². The van der Waals surface area contributed by atoms with E-state index >= 15 is 0 Å². The molecule has 3 aromatic heterocycles. The second-order valence-electron chi connectivity index (χ2n) is 9.66. The first-order valence-electron chi connectivity index (χ1n) is 12.4. The first-order chi connectivity index (χ1) is 16.6. The van der Waals surface area contributed by atoms with Gasteiger partial charge >= 0.3 is 0 Å². The van der Waals surface area contributed by atoms with Gasteiger partial charge in [0.05, 0.1) is 17.8 Å². The maximum atomic E-state index is 13.7. The molecule has 7 heteroatoms. The van der Waals surface area contributed by atoms with Crippen LogP contribution in [0.5, 0.6) is 0 Å². The van der Waals surface area contributed by atoms with Gasteiger partial charge in [-0.25, -0.2) is 14.6 Å². The third kappa shape index (κ3) is 3.50. The number of aryl methyl sites for hydroxylation is 5. The Morgan fingerprint density at radius 3 is 2.85 bits per heavy atom. The standard InChI is InChI=1S/C27H30N6O/c1-17-16-28-33(22-12-8-10-19-9-5-6-11-20(19)22)25(17)31-27(34)21-15-18(2)29-26-24(21)30-23-13-4-3-7-14-32(23)26/h5-6,9,11,15-16,22H,3-4,7-8,10,12-14H2,1-2H3,(H,31,34). The summed E-state index contributed by atoms with van der Waals surface area (Å²) in [5, 5.41) is 7.90. The number of hydrogen-bond acceptors (Lipinski definition) is 4. The Balaban J connectivity index is 1.38. The van der Waals surface area contributed by atoms with Crippen molar-refractivity contribution < 1.29 is 4.79 Å². The summed E-state index contributed by atoms with van der Waals surface area (Å²) in [6, 6.07) is 10.6. The second-order valence-corrected chi connectivity index (χ2v) is 9.66. The van der Waals surface area contributed by atoms with Crippen LogP contribution in [-0.2, 0) is 19.4 Å². The molecule has 6 rings (SSSR count). The number of carbonyl (C=O) groups is 1. The first kappa shape index (κ1) is 21.1. The predicted octanol–water partition coefficient (Wildman–Crippen LogP) is 5.15. The van der Waals surface area contributed by atoms with E-state index in [-0.39, 0.29) is 11.9 Å². The Kier molecular flexibility index (Phi) is 5.20. The van der Waals surface area contributed by atoms with Crippen molar-refractivity contribution in [1.82, 2.24) is 24.3 Å². The van der Waals surface area contributed by atoms with E-state index in [0.717, 1.165) is 73.6 Å². The average molecular weight is 455 g/mol. The molecule has 1 aliphatic carbocycles. The lowest BCUT2D eigenvalue weighted by atomic mass is 9.88.